The van der Waals surface area contributed by atoms with E-state index in [0.29, 0.717) is 24.3 Å². The SMILES string of the molecule is CCN(CC)S(=O)(=O)c1cccc(C(=O)Nc2ccccc2-c2cccs2)c1. The van der Waals surface area contributed by atoms with E-state index in [0.717, 1.165) is 10.4 Å². The lowest BCUT2D eigenvalue weighted by atomic mass is 10.1. The largest absolute Gasteiger partial charge is 0.321 e. The first-order chi connectivity index (χ1) is 13.5. The van der Waals surface area contributed by atoms with Gasteiger partial charge in [-0.05, 0) is 35.7 Å². The maximum atomic E-state index is 12.8. The third kappa shape index (κ3) is 4.16. The highest BCUT2D eigenvalue weighted by Crippen LogP contribution is 2.31. The van der Waals surface area contributed by atoms with Crippen molar-refractivity contribution in [3.8, 4) is 10.4 Å². The van der Waals surface area contributed by atoms with Crippen LogP contribution in [0.25, 0.3) is 10.4 Å². The van der Waals surface area contributed by atoms with E-state index in [1.807, 2.05) is 41.8 Å². The fourth-order valence-corrected chi connectivity index (χ4v) is 5.21. The fourth-order valence-electron chi connectivity index (χ4n) is 2.94. The van der Waals surface area contributed by atoms with Gasteiger partial charge in [0, 0.05) is 34.8 Å². The third-order valence-electron chi connectivity index (χ3n) is 4.40. The molecule has 1 heterocycles. The zero-order valence-corrected chi connectivity index (χ0v) is 17.4. The Morgan fingerprint density at radius 1 is 1.00 bits per heavy atom. The van der Waals surface area contributed by atoms with Crippen molar-refractivity contribution in [2.45, 2.75) is 18.7 Å². The smallest absolute Gasteiger partial charge is 0.255 e. The molecule has 1 aromatic heterocycles. The minimum Gasteiger partial charge on any atom is -0.321 e. The fraction of sp³-hybridized carbons (Fsp3) is 0.190. The summed E-state index contributed by atoms with van der Waals surface area (Å²) in [4.78, 5) is 14.0. The van der Waals surface area contributed by atoms with Gasteiger partial charge in [-0.1, -0.05) is 44.2 Å². The summed E-state index contributed by atoms with van der Waals surface area (Å²) in [7, 11) is -3.62. The molecule has 1 N–H and O–H groups in total. The van der Waals surface area contributed by atoms with E-state index in [-0.39, 0.29) is 10.8 Å². The van der Waals surface area contributed by atoms with E-state index < -0.39 is 10.0 Å². The monoisotopic (exact) mass is 414 g/mol. The van der Waals surface area contributed by atoms with Crippen LogP contribution < -0.4 is 5.32 Å². The van der Waals surface area contributed by atoms with Gasteiger partial charge in [0.2, 0.25) is 10.0 Å². The Bertz CT molecular complexity index is 1060. The van der Waals surface area contributed by atoms with Crippen molar-refractivity contribution in [1.29, 1.82) is 0 Å². The molecule has 0 aliphatic rings. The lowest BCUT2D eigenvalue weighted by Gasteiger charge is -2.18. The van der Waals surface area contributed by atoms with Crippen molar-refractivity contribution in [3.05, 3.63) is 71.6 Å². The summed E-state index contributed by atoms with van der Waals surface area (Å²) in [5.41, 5.74) is 1.92. The average molecular weight is 415 g/mol. The Hall–Kier alpha value is -2.48. The van der Waals surface area contributed by atoms with Crippen LogP contribution in [0.15, 0.2) is 70.9 Å². The standard InChI is InChI=1S/C21H22N2O3S2/c1-3-23(4-2)28(25,26)17-10-7-9-16(15-17)21(24)22-19-12-6-5-11-18(19)20-13-8-14-27-20/h5-15H,3-4H2,1-2H3,(H,22,24). The van der Waals surface area contributed by atoms with E-state index in [1.165, 1.54) is 16.4 Å². The Kier molecular flexibility index (Phi) is 6.28. The van der Waals surface area contributed by atoms with Crippen molar-refractivity contribution in [1.82, 2.24) is 4.31 Å². The Balaban J connectivity index is 1.90. The summed E-state index contributed by atoms with van der Waals surface area (Å²) >= 11 is 1.59. The molecule has 0 spiro atoms. The zero-order valence-electron chi connectivity index (χ0n) is 15.8. The van der Waals surface area contributed by atoms with E-state index >= 15 is 0 Å². The summed E-state index contributed by atoms with van der Waals surface area (Å²) < 4.78 is 26.8. The Morgan fingerprint density at radius 3 is 2.43 bits per heavy atom. The number of benzene rings is 2. The van der Waals surface area contributed by atoms with Gasteiger partial charge < -0.3 is 5.32 Å². The van der Waals surface area contributed by atoms with Crippen LogP contribution in [0.4, 0.5) is 5.69 Å². The molecule has 1 amide bonds. The maximum Gasteiger partial charge on any atom is 0.255 e. The predicted octanol–water partition coefficient (Wildman–Crippen LogP) is 4.70. The van der Waals surface area contributed by atoms with E-state index in [1.54, 1.807) is 37.3 Å². The van der Waals surface area contributed by atoms with Crippen molar-refractivity contribution in [2.75, 3.05) is 18.4 Å². The van der Waals surface area contributed by atoms with Crippen molar-refractivity contribution < 1.29 is 13.2 Å². The number of nitrogens with zero attached hydrogens (tertiary/aromatic N) is 1. The van der Waals surface area contributed by atoms with Gasteiger partial charge in [-0.2, -0.15) is 4.31 Å². The van der Waals surface area contributed by atoms with Gasteiger partial charge in [0.05, 0.1) is 4.90 Å². The predicted molar refractivity (Wildman–Crippen MR) is 114 cm³/mol. The number of sulfonamides is 1. The van der Waals surface area contributed by atoms with Crippen LogP contribution >= 0.6 is 11.3 Å². The molecule has 0 radical (unpaired) electrons. The highest BCUT2D eigenvalue weighted by Gasteiger charge is 2.22. The number of thiophene rings is 1. The lowest BCUT2D eigenvalue weighted by molar-refractivity contribution is 0.102. The molecule has 0 bridgehead atoms. The molecule has 0 saturated heterocycles. The lowest BCUT2D eigenvalue weighted by Crippen LogP contribution is -2.30. The summed E-state index contributed by atoms with van der Waals surface area (Å²) in [6, 6.07) is 17.7. The number of hydrogen-bond acceptors (Lipinski definition) is 4. The summed E-state index contributed by atoms with van der Waals surface area (Å²) in [5, 5.41) is 4.89. The first-order valence-electron chi connectivity index (χ1n) is 9.01. The highest BCUT2D eigenvalue weighted by molar-refractivity contribution is 7.89. The number of carbonyl (C=O) groups excluding carboxylic acids is 1. The van der Waals surface area contributed by atoms with E-state index in [9.17, 15) is 13.2 Å². The molecule has 0 unspecified atom stereocenters. The number of para-hydroxylation sites is 1. The molecule has 5 nitrogen and oxygen atoms in total. The van der Waals surface area contributed by atoms with Crippen LogP contribution in [0.5, 0.6) is 0 Å². The van der Waals surface area contributed by atoms with Crippen LogP contribution in [0, 0.1) is 0 Å². The first-order valence-corrected chi connectivity index (χ1v) is 11.3. The van der Waals surface area contributed by atoms with Gasteiger partial charge in [-0.15, -0.1) is 11.3 Å². The number of rotatable bonds is 7. The first kappa shape index (κ1) is 20.3. The van der Waals surface area contributed by atoms with Gasteiger partial charge in [0.15, 0.2) is 0 Å². The summed E-state index contributed by atoms with van der Waals surface area (Å²) in [6.07, 6.45) is 0. The summed E-state index contributed by atoms with van der Waals surface area (Å²) in [5.74, 6) is -0.347. The molecule has 2 aromatic carbocycles. The normalized spacial score (nSPS) is 11.5. The number of anilines is 1. The second kappa shape index (κ2) is 8.68. The molecule has 28 heavy (non-hydrogen) atoms. The zero-order chi connectivity index (χ0) is 20.1. The van der Waals surface area contributed by atoms with Crippen LogP contribution in [0.1, 0.15) is 24.2 Å². The molecule has 3 rings (SSSR count). The Labute approximate surface area is 169 Å². The van der Waals surface area contributed by atoms with Crippen molar-refractivity contribution in [3.63, 3.8) is 0 Å². The Morgan fingerprint density at radius 2 is 1.75 bits per heavy atom. The molecule has 0 atom stereocenters. The number of carbonyl (C=O) groups is 1. The maximum absolute atomic E-state index is 12.8. The molecule has 0 aliphatic heterocycles. The van der Waals surface area contributed by atoms with Gasteiger partial charge in [0.1, 0.15) is 0 Å². The van der Waals surface area contributed by atoms with Gasteiger partial charge in [-0.25, -0.2) is 8.42 Å². The molecular formula is C21H22N2O3S2. The van der Waals surface area contributed by atoms with E-state index in [2.05, 4.69) is 5.32 Å². The molecule has 7 heteroatoms. The number of amides is 1. The number of hydrogen-bond donors (Lipinski definition) is 1. The van der Waals surface area contributed by atoms with Crippen molar-refractivity contribution in [2.24, 2.45) is 0 Å². The molecule has 3 aromatic rings. The van der Waals surface area contributed by atoms with Crippen LogP contribution in [0.2, 0.25) is 0 Å². The van der Waals surface area contributed by atoms with Crippen molar-refractivity contribution >= 4 is 33.0 Å². The molecule has 0 saturated carbocycles. The average Bonchev–Trinajstić information content (AvgIpc) is 3.24. The quantitative estimate of drug-likeness (QED) is 0.609. The molecule has 0 aliphatic carbocycles. The van der Waals surface area contributed by atoms with E-state index in [4.69, 9.17) is 0 Å². The van der Waals surface area contributed by atoms with Gasteiger partial charge >= 0.3 is 0 Å². The topological polar surface area (TPSA) is 66.5 Å². The second-order valence-electron chi connectivity index (χ2n) is 6.09. The molecule has 0 fully saturated rings. The number of nitrogens with one attached hydrogen (secondary N) is 1. The van der Waals surface area contributed by atoms with Gasteiger partial charge in [-0.3, -0.25) is 4.79 Å². The van der Waals surface area contributed by atoms with Gasteiger partial charge in [0.25, 0.3) is 5.91 Å². The third-order valence-corrected chi connectivity index (χ3v) is 7.35. The molecular weight excluding hydrogens is 392 g/mol. The highest BCUT2D eigenvalue weighted by atomic mass is 32.2. The van der Waals surface area contributed by atoms with Crippen LogP contribution in [0.3, 0.4) is 0 Å². The second-order valence-corrected chi connectivity index (χ2v) is 8.98. The van der Waals surface area contributed by atoms with Crippen LogP contribution in [-0.2, 0) is 10.0 Å². The molecule has 146 valence electrons. The minimum absolute atomic E-state index is 0.121. The van der Waals surface area contributed by atoms with Crippen LogP contribution in [-0.4, -0.2) is 31.7 Å². The summed E-state index contributed by atoms with van der Waals surface area (Å²) in [6.45, 7) is 4.34. The minimum atomic E-state index is -3.62.